The number of alkyl halides is 3. The normalized spacial score (nSPS) is 11.3. The van der Waals surface area contributed by atoms with Gasteiger partial charge in [0, 0.05) is 6.07 Å². The maximum absolute atomic E-state index is 12.9. The molecule has 2 aromatic rings. The van der Waals surface area contributed by atoms with E-state index in [1.165, 1.54) is 24.3 Å². The Bertz CT molecular complexity index is 609. The van der Waals surface area contributed by atoms with Crippen LogP contribution in [-0.4, -0.2) is 4.92 Å². The summed E-state index contributed by atoms with van der Waals surface area (Å²) < 4.78 is 38.8. The smallest absolute Gasteiger partial charge is 0.258 e. The van der Waals surface area contributed by atoms with Crippen LogP contribution in [-0.2, 0) is 6.18 Å². The van der Waals surface area contributed by atoms with E-state index in [2.05, 4.69) is 0 Å². The fourth-order valence-corrected chi connectivity index (χ4v) is 1.76. The third-order valence-electron chi connectivity index (χ3n) is 2.52. The highest BCUT2D eigenvalue weighted by Gasteiger charge is 2.37. The maximum atomic E-state index is 12.9. The van der Waals surface area contributed by atoms with Gasteiger partial charge in [0.1, 0.15) is 0 Å². The summed E-state index contributed by atoms with van der Waals surface area (Å²) in [5, 5.41) is 10.9. The van der Waals surface area contributed by atoms with Crippen molar-refractivity contribution >= 4 is 5.69 Å². The number of hydrogen-bond acceptors (Lipinski definition) is 2. The number of nitro benzene ring substituents is 1. The van der Waals surface area contributed by atoms with Gasteiger partial charge in [-0.15, -0.1) is 0 Å². The monoisotopic (exact) mass is 266 g/mol. The van der Waals surface area contributed by atoms with Gasteiger partial charge in [-0.2, -0.15) is 13.2 Å². The molecule has 97 valence electrons. The van der Waals surface area contributed by atoms with Gasteiger partial charge in [-0.1, -0.05) is 30.3 Å². The summed E-state index contributed by atoms with van der Waals surface area (Å²) in [5.41, 5.74) is -2.04. The van der Waals surface area contributed by atoms with Gasteiger partial charge in [-0.3, -0.25) is 10.1 Å². The Balaban J connectivity index is 2.78. The number of hydrogen-bond donors (Lipinski definition) is 0. The summed E-state index contributed by atoms with van der Waals surface area (Å²) >= 11 is 0. The minimum atomic E-state index is -4.70. The van der Waals surface area contributed by atoms with Crippen LogP contribution in [0, 0.1) is 16.2 Å². The number of halogens is 3. The second-order valence-corrected chi connectivity index (χ2v) is 3.73. The first-order valence-electron chi connectivity index (χ1n) is 5.23. The molecule has 0 amide bonds. The molecule has 2 rings (SSSR count). The Morgan fingerprint density at radius 2 is 1.74 bits per heavy atom. The van der Waals surface area contributed by atoms with Gasteiger partial charge in [0.25, 0.3) is 5.69 Å². The molecule has 2 aromatic carbocycles. The van der Waals surface area contributed by atoms with E-state index in [0.29, 0.717) is 0 Å². The van der Waals surface area contributed by atoms with Crippen LogP contribution in [0.5, 0.6) is 0 Å². The molecule has 0 N–H and O–H groups in total. The third-order valence-corrected chi connectivity index (χ3v) is 2.52. The fourth-order valence-electron chi connectivity index (χ4n) is 1.76. The van der Waals surface area contributed by atoms with Crippen LogP contribution in [0.3, 0.4) is 0 Å². The highest BCUT2D eigenvalue weighted by atomic mass is 19.4. The van der Waals surface area contributed by atoms with Crippen LogP contribution < -0.4 is 0 Å². The Morgan fingerprint density at radius 3 is 2.26 bits per heavy atom. The van der Waals surface area contributed by atoms with E-state index >= 15 is 0 Å². The molecule has 6 heteroatoms. The maximum Gasteiger partial charge on any atom is 0.417 e. The van der Waals surface area contributed by atoms with Crippen molar-refractivity contribution in [1.82, 2.24) is 0 Å². The highest BCUT2D eigenvalue weighted by Crippen LogP contribution is 2.41. The van der Waals surface area contributed by atoms with Crippen molar-refractivity contribution in [3.63, 3.8) is 0 Å². The Kier molecular flexibility index (Phi) is 3.25. The first-order chi connectivity index (χ1) is 8.91. The second-order valence-electron chi connectivity index (χ2n) is 3.73. The lowest BCUT2D eigenvalue weighted by molar-refractivity contribution is -0.384. The molecular weight excluding hydrogens is 259 g/mol. The van der Waals surface area contributed by atoms with E-state index in [1.54, 1.807) is 6.07 Å². The number of rotatable bonds is 2. The molecule has 1 radical (unpaired) electrons. The first kappa shape index (κ1) is 13.1. The van der Waals surface area contributed by atoms with Crippen molar-refractivity contribution in [3.8, 4) is 11.1 Å². The Morgan fingerprint density at radius 1 is 1.11 bits per heavy atom. The molecular formula is C13H7F3NO2. The van der Waals surface area contributed by atoms with Crippen LogP contribution in [0.2, 0.25) is 0 Å². The lowest BCUT2D eigenvalue weighted by Gasteiger charge is -2.12. The van der Waals surface area contributed by atoms with Gasteiger partial charge in [-0.25, -0.2) is 0 Å². The molecule has 19 heavy (non-hydrogen) atoms. The van der Waals surface area contributed by atoms with E-state index in [1.807, 2.05) is 6.07 Å². The van der Waals surface area contributed by atoms with Crippen molar-refractivity contribution in [2.24, 2.45) is 0 Å². The number of nitro groups is 1. The summed E-state index contributed by atoms with van der Waals surface area (Å²) in [6, 6.07) is 11.4. The van der Waals surface area contributed by atoms with Crippen molar-refractivity contribution in [2.45, 2.75) is 6.18 Å². The van der Waals surface area contributed by atoms with Gasteiger partial charge in [0.2, 0.25) is 0 Å². The zero-order valence-corrected chi connectivity index (χ0v) is 9.44. The Labute approximate surface area is 106 Å². The fraction of sp³-hybridized carbons (Fsp3) is 0.0769. The summed E-state index contributed by atoms with van der Waals surface area (Å²) in [4.78, 5) is 10.1. The standard InChI is InChI=1S/C13H7F3NO2/c14-13(15,16)10-7-4-8-11(17(18)19)12(10)9-5-2-1-3-6-9/h1-6,8H. The van der Waals surface area contributed by atoms with Crippen LogP contribution >= 0.6 is 0 Å². The van der Waals surface area contributed by atoms with Crippen molar-refractivity contribution in [3.05, 3.63) is 64.2 Å². The van der Waals surface area contributed by atoms with Crippen LogP contribution in [0.15, 0.2) is 42.5 Å². The Hall–Kier alpha value is -2.37. The van der Waals surface area contributed by atoms with Crippen molar-refractivity contribution in [1.29, 1.82) is 0 Å². The molecule has 0 heterocycles. The predicted octanol–water partition coefficient (Wildman–Crippen LogP) is 4.08. The molecule has 3 nitrogen and oxygen atoms in total. The lowest BCUT2D eigenvalue weighted by atomic mass is 9.97. The molecule has 0 aliphatic rings. The molecule has 0 fully saturated rings. The molecule has 0 bridgehead atoms. The summed E-state index contributed by atoms with van der Waals surface area (Å²) in [5.74, 6) is 0. The van der Waals surface area contributed by atoms with Gasteiger partial charge in [0.05, 0.1) is 16.1 Å². The van der Waals surface area contributed by atoms with Gasteiger partial charge in [-0.05, 0) is 17.7 Å². The molecule has 0 saturated heterocycles. The van der Waals surface area contributed by atoms with E-state index in [9.17, 15) is 23.3 Å². The first-order valence-corrected chi connectivity index (χ1v) is 5.23. The summed E-state index contributed by atoms with van der Waals surface area (Å²) in [6.45, 7) is 0. The van der Waals surface area contributed by atoms with E-state index in [-0.39, 0.29) is 5.56 Å². The summed E-state index contributed by atoms with van der Waals surface area (Å²) in [6.07, 6.45) is -4.70. The van der Waals surface area contributed by atoms with E-state index < -0.39 is 27.9 Å². The van der Waals surface area contributed by atoms with Crippen LogP contribution in [0.25, 0.3) is 11.1 Å². The summed E-state index contributed by atoms with van der Waals surface area (Å²) in [7, 11) is 0. The quantitative estimate of drug-likeness (QED) is 0.607. The SMILES string of the molecule is O=[N+]([O-])c1cc[c]c(C(F)(F)F)c1-c1ccccc1. The topological polar surface area (TPSA) is 43.1 Å². The third kappa shape index (κ3) is 2.57. The minimum absolute atomic E-state index is 0.137. The zero-order valence-electron chi connectivity index (χ0n) is 9.44. The average molecular weight is 266 g/mol. The van der Waals surface area contributed by atoms with Gasteiger partial charge in [0.15, 0.2) is 0 Å². The zero-order chi connectivity index (χ0) is 14.0. The molecule has 0 aromatic heterocycles. The van der Waals surface area contributed by atoms with Crippen molar-refractivity contribution in [2.75, 3.05) is 0 Å². The number of benzene rings is 2. The van der Waals surface area contributed by atoms with E-state index in [4.69, 9.17) is 0 Å². The predicted molar refractivity (Wildman–Crippen MR) is 62.4 cm³/mol. The molecule has 0 unspecified atom stereocenters. The van der Waals surface area contributed by atoms with Crippen LogP contribution in [0.1, 0.15) is 5.56 Å². The highest BCUT2D eigenvalue weighted by molar-refractivity contribution is 5.77. The van der Waals surface area contributed by atoms with Crippen LogP contribution in [0.4, 0.5) is 18.9 Å². The van der Waals surface area contributed by atoms with Gasteiger partial charge < -0.3 is 0 Å². The minimum Gasteiger partial charge on any atom is -0.258 e. The molecule has 0 aliphatic carbocycles. The van der Waals surface area contributed by atoms with E-state index in [0.717, 1.165) is 12.1 Å². The molecule has 0 spiro atoms. The van der Waals surface area contributed by atoms with Gasteiger partial charge >= 0.3 is 6.18 Å². The molecule has 0 aliphatic heterocycles. The molecule has 0 saturated carbocycles. The average Bonchev–Trinajstić information content (AvgIpc) is 2.37. The van der Waals surface area contributed by atoms with Crippen molar-refractivity contribution < 1.29 is 18.1 Å². The largest absolute Gasteiger partial charge is 0.417 e. The second kappa shape index (κ2) is 4.72. The number of nitrogens with zero attached hydrogens (tertiary/aromatic N) is 1. The lowest BCUT2D eigenvalue weighted by Crippen LogP contribution is -2.09. The molecule has 0 atom stereocenters.